The molecule has 22 heavy (non-hydrogen) atoms. The first kappa shape index (κ1) is 16.2. The van der Waals surface area contributed by atoms with Crippen LogP contribution < -0.4 is 0 Å². The second kappa shape index (κ2) is 7.23. The van der Waals surface area contributed by atoms with Crippen molar-refractivity contribution in [3.05, 3.63) is 70.7 Å². The standard InChI is InChI=1S/C18H17ClO3/c1-12(20)11-16(13-7-9-15(19)10-8-13)17(18(21)22)14-5-3-2-4-6-14/h2-10,16-17H,11H2,1H3,(H,21,22). The molecular weight excluding hydrogens is 300 g/mol. The Bertz CT molecular complexity index is 650. The summed E-state index contributed by atoms with van der Waals surface area (Å²) in [4.78, 5) is 23.5. The van der Waals surface area contributed by atoms with E-state index in [-0.39, 0.29) is 12.2 Å². The maximum Gasteiger partial charge on any atom is 0.311 e. The van der Waals surface area contributed by atoms with Gasteiger partial charge < -0.3 is 9.90 Å². The van der Waals surface area contributed by atoms with Gasteiger partial charge in [-0.3, -0.25) is 4.79 Å². The molecule has 0 radical (unpaired) electrons. The molecule has 0 spiro atoms. The van der Waals surface area contributed by atoms with E-state index in [0.717, 1.165) is 5.56 Å². The fourth-order valence-electron chi connectivity index (χ4n) is 2.66. The molecule has 2 aromatic carbocycles. The van der Waals surface area contributed by atoms with Gasteiger partial charge in [-0.25, -0.2) is 0 Å². The number of hydrogen-bond donors (Lipinski definition) is 1. The van der Waals surface area contributed by atoms with Crippen LogP contribution in [0, 0.1) is 0 Å². The summed E-state index contributed by atoms with van der Waals surface area (Å²) in [5, 5.41) is 10.3. The smallest absolute Gasteiger partial charge is 0.311 e. The van der Waals surface area contributed by atoms with Crippen molar-refractivity contribution in [1.82, 2.24) is 0 Å². The van der Waals surface area contributed by atoms with E-state index < -0.39 is 17.8 Å². The first-order chi connectivity index (χ1) is 10.5. The van der Waals surface area contributed by atoms with Crippen LogP contribution in [0.15, 0.2) is 54.6 Å². The lowest BCUT2D eigenvalue weighted by Crippen LogP contribution is -2.22. The molecule has 2 atom stereocenters. The lowest BCUT2D eigenvalue weighted by molar-refractivity contribution is -0.139. The normalized spacial score (nSPS) is 13.4. The predicted octanol–water partition coefficient (Wildman–Crippen LogP) is 4.27. The Kier molecular flexibility index (Phi) is 5.34. The minimum absolute atomic E-state index is 0.0397. The largest absolute Gasteiger partial charge is 0.481 e. The molecule has 4 heteroatoms. The van der Waals surface area contributed by atoms with Crippen molar-refractivity contribution in [1.29, 1.82) is 0 Å². The fraction of sp³-hybridized carbons (Fsp3) is 0.222. The van der Waals surface area contributed by atoms with Crippen molar-refractivity contribution in [2.45, 2.75) is 25.2 Å². The van der Waals surface area contributed by atoms with Crippen molar-refractivity contribution >= 4 is 23.4 Å². The average Bonchev–Trinajstić information content (AvgIpc) is 2.48. The third-order valence-corrected chi connectivity index (χ3v) is 3.88. The highest BCUT2D eigenvalue weighted by molar-refractivity contribution is 6.30. The van der Waals surface area contributed by atoms with E-state index in [2.05, 4.69) is 0 Å². The predicted molar refractivity (Wildman–Crippen MR) is 86.3 cm³/mol. The topological polar surface area (TPSA) is 54.4 Å². The van der Waals surface area contributed by atoms with Crippen molar-refractivity contribution in [3.63, 3.8) is 0 Å². The van der Waals surface area contributed by atoms with E-state index in [1.807, 2.05) is 6.07 Å². The van der Waals surface area contributed by atoms with E-state index >= 15 is 0 Å². The second-order valence-corrected chi connectivity index (χ2v) is 5.73. The number of carbonyl (C=O) groups excluding carboxylic acids is 1. The number of carbonyl (C=O) groups is 2. The molecule has 0 saturated heterocycles. The van der Waals surface area contributed by atoms with E-state index in [1.165, 1.54) is 6.92 Å². The summed E-state index contributed by atoms with van der Waals surface area (Å²) < 4.78 is 0. The molecule has 2 rings (SSSR count). The van der Waals surface area contributed by atoms with Crippen LogP contribution in [0.25, 0.3) is 0 Å². The van der Waals surface area contributed by atoms with Crippen LogP contribution in [0.1, 0.15) is 36.3 Å². The van der Waals surface area contributed by atoms with Gasteiger partial charge in [-0.1, -0.05) is 54.1 Å². The third kappa shape index (κ3) is 3.95. The van der Waals surface area contributed by atoms with Gasteiger partial charge in [0.2, 0.25) is 0 Å². The number of ketones is 1. The van der Waals surface area contributed by atoms with Gasteiger partial charge >= 0.3 is 5.97 Å². The maximum atomic E-state index is 11.8. The van der Waals surface area contributed by atoms with Crippen molar-refractivity contribution in [2.75, 3.05) is 0 Å². The Labute approximate surface area is 134 Å². The van der Waals surface area contributed by atoms with Gasteiger partial charge in [0.25, 0.3) is 0 Å². The number of Topliss-reactive ketones (excluding diaryl/α,β-unsaturated/α-hetero) is 1. The maximum absolute atomic E-state index is 11.8. The molecule has 0 saturated carbocycles. The van der Waals surface area contributed by atoms with Gasteiger partial charge in [0, 0.05) is 17.4 Å². The minimum Gasteiger partial charge on any atom is -0.481 e. The van der Waals surface area contributed by atoms with E-state index in [0.29, 0.717) is 10.6 Å². The molecule has 2 unspecified atom stereocenters. The summed E-state index contributed by atoms with van der Waals surface area (Å²) in [6.07, 6.45) is 0.174. The zero-order valence-corrected chi connectivity index (χ0v) is 13.0. The zero-order chi connectivity index (χ0) is 16.1. The summed E-state index contributed by atoms with van der Waals surface area (Å²) in [6, 6.07) is 16.0. The average molecular weight is 317 g/mol. The van der Waals surface area contributed by atoms with Crippen molar-refractivity contribution < 1.29 is 14.7 Å². The fourth-order valence-corrected chi connectivity index (χ4v) is 2.78. The molecule has 1 N–H and O–H groups in total. The molecule has 0 heterocycles. The molecule has 0 bridgehead atoms. The highest BCUT2D eigenvalue weighted by Gasteiger charge is 2.31. The Morgan fingerprint density at radius 1 is 1.00 bits per heavy atom. The Morgan fingerprint density at radius 3 is 2.09 bits per heavy atom. The molecule has 114 valence electrons. The van der Waals surface area contributed by atoms with Crippen LogP contribution in [0.2, 0.25) is 5.02 Å². The number of carboxylic acids is 1. The summed E-state index contributed by atoms with van der Waals surface area (Å²) in [5.74, 6) is -2.17. The second-order valence-electron chi connectivity index (χ2n) is 5.29. The number of rotatable bonds is 6. The van der Waals surface area contributed by atoms with Gasteiger partial charge in [-0.05, 0) is 30.2 Å². The van der Waals surface area contributed by atoms with Crippen molar-refractivity contribution in [3.8, 4) is 0 Å². The Hall–Kier alpha value is -2.13. The molecule has 0 amide bonds. The lowest BCUT2D eigenvalue weighted by atomic mass is 9.78. The van der Waals surface area contributed by atoms with Crippen LogP contribution in [-0.2, 0) is 9.59 Å². The van der Waals surface area contributed by atoms with Gasteiger partial charge in [0.05, 0.1) is 5.92 Å². The van der Waals surface area contributed by atoms with Gasteiger partial charge in [0.15, 0.2) is 0 Å². The molecular formula is C18H17ClO3. The van der Waals surface area contributed by atoms with Gasteiger partial charge in [-0.15, -0.1) is 0 Å². The first-order valence-corrected chi connectivity index (χ1v) is 7.39. The summed E-state index contributed by atoms with van der Waals surface area (Å²) in [6.45, 7) is 1.48. The molecule has 3 nitrogen and oxygen atoms in total. The Balaban J connectivity index is 2.47. The van der Waals surface area contributed by atoms with E-state index in [1.54, 1.807) is 48.5 Å². The number of halogens is 1. The van der Waals surface area contributed by atoms with Gasteiger partial charge in [-0.2, -0.15) is 0 Å². The lowest BCUT2D eigenvalue weighted by Gasteiger charge is -2.24. The monoisotopic (exact) mass is 316 g/mol. The molecule has 0 aliphatic heterocycles. The van der Waals surface area contributed by atoms with Crippen LogP contribution in [-0.4, -0.2) is 16.9 Å². The summed E-state index contributed by atoms with van der Waals surface area (Å²) in [5.41, 5.74) is 1.49. The van der Waals surface area contributed by atoms with Crippen LogP contribution in [0.4, 0.5) is 0 Å². The number of benzene rings is 2. The number of hydrogen-bond acceptors (Lipinski definition) is 2. The molecule has 2 aromatic rings. The minimum atomic E-state index is -0.938. The molecule has 0 fully saturated rings. The van der Waals surface area contributed by atoms with Crippen LogP contribution >= 0.6 is 11.6 Å². The molecule has 0 aromatic heterocycles. The highest BCUT2D eigenvalue weighted by Crippen LogP contribution is 2.36. The highest BCUT2D eigenvalue weighted by atomic mass is 35.5. The van der Waals surface area contributed by atoms with Crippen molar-refractivity contribution in [2.24, 2.45) is 0 Å². The van der Waals surface area contributed by atoms with Gasteiger partial charge in [0.1, 0.15) is 5.78 Å². The molecule has 0 aliphatic rings. The van der Waals surface area contributed by atoms with Crippen LogP contribution in [0.5, 0.6) is 0 Å². The number of carboxylic acid groups (broad SMARTS) is 1. The molecule has 0 aliphatic carbocycles. The summed E-state index contributed by atoms with van der Waals surface area (Å²) >= 11 is 5.90. The van der Waals surface area contributed by atoms with E-state index in [9.17, 15) is 14.7 Å². The van der Waals surface area contributed by atoms with Crippen LogP contribution in [0.3, 0.4) is 0 Å². The Morgan fingerprint density at radius 2 is 1.59 bits per heavy atom. The summed E-state index contributed by atoms with van der Waals surface area (Å²) in [7, 11) is 0. The number of aliphatic carboxylic acids is 1. The third-order valence-electron chi connectivity index (χ3n) is 3.63. The quantitative estimate of drug-likeness (QED) is 0.865. The van der Waals surface area contributed by atoms with E-state index in [4.69, 9.17) is 11.6 Å². The SMILES string of the molecule is CC(=O)CC(c1ccc(Cl)cc1)C(C(=O)O)c1ccccc1. The first-order valence-electron chi connectivity index (χ1n) is 7.01. The zero-order valence-electron chi connectivity index (χ0n) is 12.2.